The van der Waals surface area contributed by atoms with E-state index in [1.54, 1.807) is 54.6 Å². The highest BCUT2D eigenvalue weighted by atomic mass is 32.2. The van der Waals surface area contributed by atoms with Crippen LogP contribution in [0.15, 0.2) is 59.5 Å². The van der Waals surface area contributed by atoms with Crippen LogP contribution in [0.4, 0.5) is 0 Å². The van der Waals surface area contributed by atoms with Crippen molar-refractivity contribution < 1.29 is 23.1 Å². The molecule has 0 fully saturated rings. The van der Waals surface area contributed by atoms with Gasteiger partial charge >= 0.3 is 5.97 Å². The van der Waals surface area contributed by atoms with Crippen molar-refractivity contribution in [1.29, 1.82) is 0 Å². The van der Waals surface area contributed by atoms with E-state index in [0.29, 0.717) is 5.75 Å². The minimum absolute atomic E-state index is 0.205. The number of rotatable bonds is 7. The van der Waals surface area contributed by atoms with Crippen LogP contribution in [0.1, 0.15) is 5.56 Å². The summed E-state index contributed by atoms with van der Waals surface area (Å²) in [5.41, 5.74) is 0.773. The maximum Gasteiger partial charge on any atom is 0.341 e. The van der Waals surface area contributed by atoms with E-state index in [-0.39, 0.29) is 11.4 Å². The third-order valence-electron chi connectivity index (χ3n) is 3.14. The van der Waals surface area contributed by atoms with Gasteiger partial charge in [-0.25, -0.2) is 13.2 Å². The maximum atomic E-state index is 12.4. The van der Waals surface area contributed by atoms with Gasteiger partial charge in [-0.05, 0) is 29.8 Å². The van der Waals surface area contributed by atoms with Crippen LogP contribution in [-0.4, -0.2) is 37.5 Å². The van der Waals surface area contributed by atoms with Gasteiger partial charge in [-0.3, -0.25) is 0 Å². The summed E-state index contributed by atoms with van der Waals surface area (Å²) in [6.45, 7) is -0.210. The molecule has 0 amide bonds. The molecule has 0 radical (unpaired) electrons. The standard InChI is InChI=1S/C16H17NO5S/c1-17(23(20,21)15-5-3-2-4-6-15)11-13-7-9-14(10-8-13)22-12-16(18)19/h2-10H,11-12H2,1H3,(H,18,19). The number of hydrogen-bond acceptors (Lipinski definition) is 4. The Bertz CT molecular complexity index is 757. The van der Waals surface area contributed by atoms with Gasteiger partial charge in [0.15, 0.2) is 6.61 Å². The molecule has 2 aromatic carbocycles. The summed E-state index contributed by atoms with van der Waals surface area (Å²) < 4.78 is 31.1. The average Bonchev–Trinajstić information content (AvgIpc) is 2.55. The molecular weight excluding hydrogens is 318 g/mol. The molecular formula is C16H17NO5S. The Hall–Kier alpha value is -2.38. The smallest absolute Gasteiger partial charge is 0.341 e. The zero-order valence-electron chi connectivity index (χ0n) is 12.5. The molecule has 0 aliphatic heterocycles. The number of aliphatic carboxylic acids is 1. The van der Waals surface area contributed by atoms with E-state index in [2.05, 4.69) is 0 Å². The highest BCUT2D eigenvalue weighted by Crippen LogP contribution is 2.18. The summed E-state index contributed by atoms with van der Waals surface area (Å²) in [6.07, 6.45) is 0. The van der Waals surface area contributed by atoms with Crippen LogP contribution in [0, 0.1) is 0 Å². The molecule has 0 bridgehead atoms. The number of nitrogens with zero attached hydrogens (tertiary/aromatic N) is 1. The fourth-order valence-corrected chi connectivity index (χ4v) is 3.13. The average molecular weight is 335 g/mol. The molecule has 1 N–H and O–H groups in total. The van der Waals surface area contributed by atoms with Crippen LogP contribution in [0.25, 0.3) is 0 Å². The molecule has 0 aliphatic rings. The van der Waals surface area contributed by atoms with E-state index >= 15 is 0 Å². The van der Waals surface area contributed by atoms with Crippen LogP contribution in [-0.2, 0) is 21.4 Å². The Balaban J connectivity index is 2.05. The topological polar surface area (TPSA) is 83.9 Å². The van der Waals surface area contributed by atoms with E-state index in [4.69, 9.17) is 9.84 Å². The molecule has 122 valence electrons. The molecule has 2 aromatic rings. The van der Waals surface area contributed by atoms with Crippen molar-refractivity contribution in [2.24, 2.45) is 0 Å². The molecule has 0 spiro atoms. The first-order valence-electron chi connectivity index (χ1n) is 6.84. The molecule has 0 saturated carbocycles. The van der Waals surface area contributed by atoms with Crippen molar-refractivity contribution in [3.05, 3.63) is 60.2 Å². The van der Waals surface area contributed by atoms with Gasteiger partial charge in [-0.2, -0.15) is 4.31 Å². The van der Waals surface area contributed by atoms with Gasteiger partial charge in [0.25, 0.3) is 0 Å². The number of ether oxygens (including phenoxy) is 1. The van der Waals surface area contributed by atoms with Crippen molar-refractivity contribution >= 4 is 16.0 Å². The molecule has 0 unspecified atom stereocenters. The molecule has 0 aromatic heterocycles. The fourth-order valence-electron chi connectivity index (χ4n) is 1.95. The Morgan fingerprint density at radius 3 is 2.26 bits per heavy atom. The molecule has 0 saturated heterocycles. The zero-order chi connectivity index (χ0) is 16.9. The molecule has 23 heavy (non-hydrogen) atoms. The van der Waals surface area contributed by atoms with Crippen LogP contribution in [0.2, 0.25) is 0 Å². The van der Waals surface area contributed by atoms with Crippen molar-refractivity contribution in [3.63, 3.8) is 0 Å². The third kappa shape index (κ3) is 4.54. The second-order valence-electron chi connectivity index (χ2n) is 4.90. The molecule has 0 heterocycles. The Kier molecular flexibility index (Phi) is 5.36. The predicted octanol–water partition coefficient (Wildman–Crippen LogP) is 1.97. The van der Waals surface area contributed by atoms with Crippen LogP contribution < -0.4 is 4.74 Å². The highest BCUT2D eigenvalue weighted by molar-refractivity contribution is 7.89. The highest BCUT2D eigenvalue weighted by Gasteiger charge is 2.20. The predicted molar refractivity (Wildman–Crippen MR) is 84.7 cm³/mol. The summed E-state index contributed by atoms with van der Waals surface area (Å²) >= 11 is 0. The van der Waals surface area contributed by atoms with E-state index in [9.17, 15) is 13.2 Å². The summed E-state index contributed by atoms with van der Waals surface area (Å²) in [4.78, 5) is 10.7. The van der Waals surface area contributed by atoms with Gasteiger partial charge in [-0.1, -0.05) is 30.3 Å². The van der Waals surface area contributed by atoms with Gasteiger partial charge in [0.05, 0.1) is 4.90 Å². The number of hydrogen-bond donors (Lipinski definition) is 1. The zero-order valence-corrected chi connectivity index (χ0v) is 13.4. The second-order valence-corrected chi connectivity index (χ2v) is 6.95. The van der Waals surface area contributed by atoms with Crippen LogP contribution in [0.3, 0.4) is 0 Å². The van der Waals surface area contributed by atoms with E-state index in [0.717, 1.165) is 5.56 Å². The van der Waals surface area contributed by atoms with E-state index in [1.807, 2.05) is 0 Å². The van der Waals surface area contributed by atoms with Gasteiger partial charge in [0.1, 0.15) is 5.75 Å². The fraction of sp³-hybridized carbons (Fsp3) is 0.188. The second kappa shape index (κ2) is 7.26. The lowest BCUT2D eigenvalue weighted by Gasteiger charge is -2.17. The SMILES string of the molecule is CN(Cc1ccc(OCC(=O)O)cc1)S(=O)(=O)c1ccccc1. The molecule has 0 aliphatic carbocycles. The summed E-state index contributed by atoms with van der Waals surface area (Å²) in [7, 11) is -2.03. The Labute approximate surface area is 135 Å². The van der Waals surface area contributed by atoms with Gasteiger partial charge in [0.2, 0.25) is 10.0 Å². The largest absolute Gasteiger partial charge is 0.482 e. The molecule has 2 rings (SSSR count). The van der Waals surface area contributed by atoms with Crippen molar-refractivity contribution in [1.82, 2.24) is 4.31 Å². The third-order valence-corrected chi connectivity index (χ3v) is 4.96. The summed E-state index contributed by atoms with van der Waals surface area (Å²) in [5.74, 6) is -0.632. The number of benzene rings is 2. The number of carboxylic acid groups (broad SMARTS) is 1. The maximum absolute atomic E-state index is 12.4. The number of carboxylic acids is 1. The quantitative estimate of drug-likeness (QED) is 0.836. The van der Waals surface area contributed by atoms with Crippen molar-refractivity contribution in [3.8, 4) is 5.75 Å². The first-order valence-corrected chi connectivity index (χ1v) is 8.28. The van der Waals surface area contributed by atoms with Gasteiger partial charge in [-0.15, -0.1) is 0 Å². The molecule has 7 heteroatoms. The Morgan fingerprint density at radius 1 is 1.09 bits per heavy atom. The lowest BCUT2D eigenvalue weighted by Crippen LogP contribution is -2.26. The van der Waals surface area contributed by atoms with Gasteiger partial charge in [0, 0.05) is 13.6 Å². The first-order chi connectivity index (χ1) is 10.9. The van der Waals surface area contributed by atoms with E-state index < -0.39 is 22.6 Å². The lowest BCUT2D eigenvalue weighted by atomic mass is 10.2. The monoisotopic (exact) mass is 335 g/mol. The minimum atomic E-state index is -3.54. The van der Waals surface area contributed by atoms with Crippen LogP contribution in [0.5, 0.6) is 5.75 Å². The Morgan fingerprint density at radius 2 is 1.70 bits per heavy atom. The van der Waals surface area contributed by atoms with Gasteiger partial charge < -0.3 is 9.84 Å². The molecule has 6 nitrogen and oxygen atoms in total. The van der Waals surface area contributed by atoms with Crippen LogP contribution >= 0.6 is 0 Å². The minimum Gasteiger partial charge on any atom is -0.482 e. The summed E-state index contributed by atoms with van der Waals surface area (Å²) in [6, 6.07) is 14.8. The van der Waals surface area contributed by atoms with Crippen molar-refractivity contribution in [2.45, 2.75) is 11.4 Å². The molecule has 0 atom stereocenters. The summed E-state index contributed by atoms with van der Waals surface area (Å²) in [5, 5.41) is 8.55. The van der Waals surface area contributed by atoms with E-state index in [1.165, 1.54) is 11.4 Å². The first kappa shape index (κ1) is 17.0. The normalized spacial score (nSPS) is 11.4. The van der Waals surface area contributed by atoms with Crippen molar-refractivity contribution in [2.75, 3.05) is 13.7 Å². The number of sulfonamides is 1. The lowest BCUT2D eigenvalue weighted by molar-refractivity contribution is -0.139. The number of carbonyl (C=O) groups is 1.